The minimum Gasteiger partial charge on any atom is -0.497 e. The van der Waals surface area contributed by atoms with Crippen molar-refractivity contribution >= 4 is 17.6 Å². The van der Waals surface area contributed by atoms with Crippen molar-refractivity contribution in [2.45, 2.75) is 6.92 Å². The maximum atomic E-state index is 11.1. The third-order valence-corrected chi connectivity index (χ3v) is 2.98. The number of benzene rings is 2. The molecule has 0 spiro atoms. The Labute approximate surface area is 116 Å². The molecule has 2 rings (SSSR count). The van der Waals surface area contributed by atoms with E-state index >= 15 is 0 Å². The first-order valence-corrected chi connectivity index (χ1v) is 6.07. The lowest BCUT2D eigenvalue weighted by Gasteiger charge is -2.08. The second-order valence-electron chi connectivity index (χ2n) is 4.27. The fraction of sp³-hybridized carbons (Fsp3) is 0.133. The highest BCUT2D eigenvalue weighted by molar-refractivity contribution is 6.31. The largest absolute Gasteiger partial charge is 0.497 e. The second-order valence-corrected chi connectivity index (χ2v) is 4.71. The monoisotopic (exact) mass is 276 g/mol. The standard InChI is InChI=1S/C15H13ClO3/c1-9-3-10(6-13(16)4-9)11-5-12(15(17)18)8-14(7-11)19-2/h3-8H,1-2H3,(H,17,18). The van der Waals surface area contributed by atoms with E-state index in [0.29, 0.717) is 10.8 Å². The van der Waals surface area contributed by atoms with Crippen molar-refractivity contribution < 1.29 is 14.6 Å². The number of methoxy groups -OCH3 is 1. The molecule has 0 radical (unpaired) electrons. The number of halogens is 1. The number of carbonyl (C=O) groups is 1. The minimum absolute atomic E-state index is 0.187. The van der Waals surface area contributed by atoms with Crippen LogP contribution in [0.5, 0.6) is 5.75 Å². The maximum absolute atomic E-state index is 11.1. The van der Waals surface area contributed by atoms with Crippen LogP contribution in [0.15, 0.2) is 36.4 Å². The van der Waals surface area contributed by atoms with Crippen LogP contribution in [-0.2, 0) is 0 Å². The Morgan fingerprint density at radius 3 is 2.37 bits per heavy atom. The highest BCUT2D eigenvalue weighted by Crippen LogP contribution is 2.29. The van der Waals surface area contributed by atoms with E-state index in [1.54, 1.807) is 18.2 Å². The van der Waals surface area contributed by atoms with Crippen molar-refractivity contribution in [1.29, 1.82) is 0 Å². The first kappa shape index (κ1) is 13.4. The molecule has 1 N–H and O–H groups in total. The number of hydrogen-bond acceptors (Lipinski definition) is 2. The van der Waals surface area contributed by atoms with Crippen LogP contribution in [0.1, 0.15) is 15.9 Å². The predicted molar refractivity (Wildman–Crippen MR) is 75.1 cm³/mol. The zero-order valence-corrected chi connectivity index (χ0v) is 11.4. The van der Waals surface area contributed by atoms with E-state index in [2.05, 4.69) is 0 Å². The van der Waals surface area contributed by atoms with Gasteiger partial charge >= 0.3 is 5.97 Å². The van der Waals surface area contributed by atoms with Gasteiger partial charge in [-0.2, -0.15) is 0 Å². The molecule has 0 fully saturated rings. The van der Waals surface area contributed by atoms with E-state index in [0.717, 1.165) is 16.7 Å². The molecule has 2 aromatic carbocycles. The Morgan fingerprint density at radius 1 is 1.11 bits per heavy atom. The summed E-state index contributed by atoms with van der Waals surface area (Å²) in [5.41, 5.74) is 2.84. The fourth-order valence-corrected chi connectivity index (χ4v) is 2.20. The highest BCUT2D eigenvalue weighted by Gasteiger charge is 2.09. The molecule has 0 aliphatic carbocycles. The van der Waals surface area contributed by atoms with Gasteiger partial charge in [0.25, 0.3) is 0 Å². The number of carboxylic acid groups (broad SMARTS) is 1. The lowest BCUT2D eigenvalue weighted by molar-refractivity contribution is 0.0696. The van der Waals surface area contributed by atoms with Gasteiger partial charge in [-0.25, -0.2) is 4.79 Å². The fourth-order valence-electron chi connectivity index (χ4n) is 1.91. The Bertz CT molecular complexity index is 615. The zero-order chi connectivity index (χ0) is 14.0. The van der Waals surface area contributed by atoms with Crippen molar-refractivity contribution in [2.24, 2.45) is 0 Å². The molecule has 4 heteroatoms. The SMILES string of the molecule is COc1cc(C(=O)O)cc(-c2cc(C)cc(Cl)c2)c1. The average Bonchev–Trinajstić information content (AvgIpc) is 2.37. The van der Waals surface area contributed by atoms with E-state index in [1.165, 1.54) is 13.2 Å². The number of ether oxygens (including phenoxy) is 1. The van der Waals surface area contributed by atoms with Gasteiger partial charge in [0.15, 0.2) is 0 Å². The van der Waals surface area contributed by atoms with E-state index < -0.39 is 5.97 Å². The minimum atomic E-state index is -0.987. The zero-order valence-electron chi connectivity index (χ0n) is 10.6. The Kier molecular flexibility index (Phi) is 3.76. The van der Waals surface area contributed by atoms with Gasteiger partial charge in [0.1, 0.15) is 5.75 Å². The van der Waals surface area contributed by atoms with Crippen LogP contribution in [0.25, 0.3) is 11.1 Å². The molecule has 0 saturated heterocycles. The molecular weight excluding hydrogens is 264 g/mol. The molecule has 0 aliphatic rings. The van der Waals surface area contributed by atoms with Gasteiger partial charge in [0, 0.05) is 5.02 Å². The number of carboxylic acids is 1. The Balaban J connectivity index is 2.60. The lowest BCUT2D eigenvalue weighted by Crippen LogP contribution is -1.98. The molecule has 3 nitrogen and oxygen atoms in total. The molecule has 0 amide bonds. The summed E-state index contributed by atoms with van der Waals surface area (Å²) >= 11 is 6.03. The third-order valence-electron chi connectivity index (χ3n) is 2.76. The first-order chi connectivity index (χ1) is 8.99. The van der Waals surface area contributed by atoms with E-state index in [4.69, 9.17) is 21.4 Å². The third kappa shape index (κ3) is 3.06. The Morgan fingerprint density at radius 2 is 1.79 bits per heavy atom. The van der Waals surface area contributed by atoms with E-state index in [-0.39, 0.29) is 5.56 Å². The summed E-state index contributed by atoms with van der Waals surface area (Å²) < 4.78 is 5.13. The van der Waals surface area contributed by atoms with E-state index in [1.807, 2.05) is 19.1 Å². The van der Waals surface area contributed by atoms with Crippen molar-refractivity contribution in [2.75, 3.05) is 7.11 Å². The van der Waals surface area contributed by atoms with Crippen LogP contribution >= 0.6 is 11.6 Å². The second kappa shape index (κ2) is 5.33. The van der Waals surface area contributed by atoms with E-state index in [9.17, 15) is 4.79 Å². The van der Waals surface area contributed by atoms with Crippen LogP contribution in [-0.4, -0.2) is 18.2 Å². The number of aryl methyl sites for hydroxylation is 1. The number of hydrogen-bond donors (Lipinski definition) is 1. The highest BCUT2D eigenvalue weighted by atomic mass is 35.5. The molecule has 0 unspecified atom stereocenters. The van der Waals surface area contributed by atoms with Gasteiger partial charge in [-0.05, 0) is 53.9 Å². The summed E-state index contributed by atoms with van der Waals surface area (Å²) in [6, 6.07) is 10.5. The van der Waals surface area contributed by atoms with Crippen LogP contribution in [0.2, 0.25) is 5.02 Å². The molecule has 0 saturated carbocycles. The van der Waals surface area contributed by atoms with Crippen LogP contribution < -0.4 is 4.74 Å². The van der Waals surface area contributed by atoms with Crippen LogP contribution in [0.3, 0.4) is 0 Å². The van der Waals surface area contributed by atoms with Crippen molar-refractivity contribution in [3.63, 3.8) is 0 Å². The molecule has 98 valence electrons. The average molecular weight is 277 g/mol. The summed E-state index contributed by atoms with van der Waals surface area (Å²) in [4.78, 5) is 11.1. The maximum Gasteiger partial charge on any atom is 0.335 e. The van der Waals surface area contributed by atoms with Gasteiger partial charge in [-0.3, -0.25) is 0 Å². The predicted octanol–water partition coefficient (Wildman–Crippen LogP) is 4.02. The first-order valence-electron chi connectivity index (χ1n) is 5.69. The molecule has 2 aromatic rings. The van der Waals surface area contributed by atoms with Gasteiger partial charge in [-0.1, -0.05) is 17.7 Å². The molecular formula is C15H13ClO3. The summed E-state index contributed by atoms with van der Waals surface area (Å²) in [5.74, 6) is -0.480. The molecule has 0 heterocycles. The molecule has 0 aliphatic heterocycles. The van der Waals surface area contributed by atoms with Gasteiger partial charge < -0.3 is 9.84 Å². The number of rotatable bonds is 3. The molecule has 0 aromatic heterocycles. The number of aromatic carboxylic acids is 1. The van der Waals surface area contributed by atoms with Gasteiger partial charge in [0.05, 0.1) is 12.7 Å². The van der Waals surface area contributed by atoms with Crippen molar-refractivity contribution in [3.05, 3.63) is 52.5 Å². The smallest absolute Gasteiger partial charge is 0.335 e. The molecule has 0 atom stereocenters. The summed E-state index contributed by atoms with van der Waals surface area (Å²) in [6.07, 6.45) is 0. The lowest BCUT2D eigenvalue weighted by atomic mass is 10.0. The molecule has 0 bridgehead atoms. The molecule has 19 heavy (non-hydrogen) atoms. The van der Waals surface area contributed by atoms with Crippen LogP contribution in [0.4, 0.5) is 0 Å². The Hall–Kier alpha value is -2.00. The quantitative estimate of drug-likeness (QED) is 0.921. The van der Waals surface area contributed by atoms with Crippen molar-refractivity contribution in [3.8, 4) is 16.9 Å². The summed E-state index contributed by atoms with van der Waals surface area (Å²) in [7, 11) is 1.51. The van der Waals surface area contributed by atoms with Gasteiger partial charge in [-0.15, -0.1) is 0 Å². The van der Waals surface area contributed by atoms with Crippen molar-refractivity contribution in [1.82, 2.24) is 0 Å². The summed E-state index contributed by atoms with van der Waals surface area (Å²) in [6.45, 7) is 1.94. The van der Waals surface area contributed by atoms with Crippen LogP contribution in [0, 0.1) is 6.92 Å². The topological polar surface area (TPSA) is 46.5 Å². The summed E-state index contributed by atoms with van der Waals surface area (Å²) in [5, 5.41) is 9.72. The normalized spacial score (nSPS) is 10.3. The van der Waals surface area contributed by atoms with Gasteiger partial charge in [0.2, 0.25) is 0 Å².